The summed E-state index contributed by atoms with van der Waals surface area (Å²) in [6, 6.07) is 3.99. The van der Waals surface area contributed by atoms with Crippen LogP contribution in [0.1, 0.15) is 32.3 Å². The molecule has 0 atom stereocenters. The normalized spacial score (nSPS) is 11.8. The minimum Gasteiger partial charge on any atom is -0.390 e. The van der Waals surface area contributed by atoms with E-state index in [4.69, 9.17) is 8.85 Å². The lowest BCUT2D eigenvalue weighted by atomic mass is 10.1. The zero-order valence-corrected chi connectivity index (χ0v) is 13.0. The van der Waals surface area contributed by atoms with Gasteiger partial charge in [0.25, 0.3) is 0 Å². The van der Waals surface area contributed by atoms with E-state index in [0.29, 0.717) is 37.7 Å². The van der Waals surface area contributed by atoms with Crippen LogP contribution in [0.5, 0.6) is 0 Å². The summed E-state index contributed by atoms with van der Waals surface area (Å²) < 4.78 is 36.7. The van der Waals surface area contributed by atoms with E-state index in [-0.39, 0.29) is 0 Å². The van der Waals surface area contributed by atoms with Gasteiger partial charge in [0, 0.05) is 25.3 Å². The Hall–Kier alpha value is -0.823. The molecule has 0 aliphatic carbocycles. The van der Waals surface area contributed by atoms with Gasteiger partial charge >= 0.3 is 8.80 Å². The molecular weight excluding hydrogens is 282 g/mol. The van der Waals surface area contributed by atoms with Gasteiger partial charge in [0.05, 0.1) is 0 Å². The van der Waals surface area contributed by atoms with Crippen molar-refractivity contribution in [3.63, 3.8) is 0 Å². The second kappa shape index (κ2) is 8.46. The standard InChI is InChI=1S/C14H22F2O3Si/c1-3-18-20(17,19-4-2)8-6-5-7-12-9-13(15)11-14(16)10-12/h9-11,17H,3-8H2,1-2H3. The van der Waals surface area contributed by atoms with Crippen LogP contribution in [-0.4, -0.2) is 26.8 Å². The van der Waals surface area contributed by atoms with Gasteiger partial charge in [-0.1, -0.05) is 0 Å². The fraction of sp³-hybridized carbons (Fsp3) is 0.571. The molecule has 1 aromatic rings. The lowest BCUT2D eigenvalue weighted by Gasteiger charge is -2.22. The first-order valence-corrected chi connectivity index (χ1v) is 8.91. The molecule has 0 radical (unpaired) electrons. The van der Waals surface area contributed by atoms with Crippen molar-refractivity contribution in [2.75, 3.05) is 13.2 Å². The van der Waals surface area contributed by atoms with Crippen molar-refractivity contribution in [2.24, 2.45) is 0 Å². The summed E-state index contributed by atoms with van der Waals surface area (Å²) in [6.07, 6.45) is 1.98. The lowest BCUT2D eigenvalue weighted by Crippen LogP contribution is -2.42. The molecule has 0 amide bonds. The van der Waals surface area contributed by atoms with Crippen LogP contribution >= 0.6 is 0 Å². The van der Waals surface area contributed by atoms with Crippen molar-refractivity contribution >= 4 is 8.80 Å². The minimum absolute atomic E-state index is 0.415. The molecule has 0 saturated heterocycles. The molecule has 20 heavy (non-hydrogen) atoms. The van der Waals surface area contributed by atoms with E-state index in [1.807, 2.05) is 13.8 Å². The predicted molar refractivity (Wildman–Crippen MR) is 75.3 cm³/mol. The van der Waals surface area contributed by atoms with Crippen LogP contribution < -0.4 is 0 Å². The number of aryl methyl sites for hydroxylation is 1. The summed E-state index contributed by atoms with van der Waals surface area (Å²) in [5.74, 6) is -1.12. The maximum Gasteiger partial charge on any atom is 0.498 e. The first kappa shape index (κ1) is 17.2. The number of halogens is 2. The second-order valence-corrected chi connectivity index (χ2v) is 7.07. The van der Waals surface area contributed by atoms with Gasteiger partial charge in [-0.15, -0.1) is 0 Å². The van der Waals surface area contributed by atoms with Crippen LogP contribution in [0.25, 0.3) is 0 Å². The Morgan fingerprint density at radius 2 is 1.55 bits per heavy atom. The molecule has 1 aromatic carbocycles. The Morgan fingerprint density at radius 1 is 1.00 bits per heavy atom. The van der Waals surface area contributed by atoms with E-state index in [9.17, 15) is 13.6 Å². The average molecular weight is 304 g/mol. The molecule has 0 spiro atoms. The molecule has 0 unspecified atom stereocenters. The molecule has 0 aliphatic heterocycles. The summed E-state index contributed by atoms with van der Waals surface area (Å²) in [7, 11) is -3.06. The van der Waals surface area contributed by atoms with E-state index >= 15 is 0 Å². The summed E-state index contributed by atoms with van der Waals surface area (Å²) in [5, 5.41) is 0. The molecule has 114 valence electrons. The Bertz CT molecular complexity index is 389. The molecule has 1 N–H and O–H groups in total. The zero-order chi connectivity index (χ0) is 15.0. The van der Waals surface area contributed by atoms with Crippen molar-refractivity contribution in [1.82, 2.24) is 0 Å². The van der Waals surface area contributed by atoms with Crippen LogP contribution in [0.15, 0.2) is 18.2 Å². The maximum absolute atomic E-state index is 13.0. The van der Waals surface area contributed by atoms with Crippen LogP contribution in [0.3, 0.4) is 0 Å². The Labute approximate surface area is 119 Å². The third-order valence-electron chi connectivity index (χ3n) is 2.87. The van der Waals surface area contributed by atoms with Gasteiger partial charge in [-0.2, -0.15) is 0 Å². The van der Waals surface area contributed by atoms with E-state index < -0.39 is 20.4 Å². The fourth-order valence-electron chi connectivity index (χ4n) is 2.07. The third-order valence-corrected chi connectivity index (χ3v) is 5.34. The average Bonchev–Trinajstić information content (AvgIpc) is 2.34. The van der Waals surface area contributed by atoms with Gasteiger partial charge in [-0.3, -0.25) is 0 Å². The van der Waals surface area contributed by atoms with Crippen LogP contribution in [0, 0.1) is 11.6 Å². The maximum atomic E-state index is 13.0. The molecule has 3 nitrogen and oxygen atoms in total. The summed E-state index contributed by atoms with van der Waals surface area (Å²) in [6.45, 7) is 4.45. The van der Waals surface area contributed by atoms with E-state index in [1.165, 1.54) is 12.1 Å². The van der Waals surface area contributed by atoms with Crippen molar-refractivity contribution < 1.29 is 22.4 Å². The number of hydrogen-bond acceptors (Lipinski definition) is 3. The Balaban J connectivity index is 2.39. The molecule has 0 aromatic heterocycles. The van der Waals surface area contributed by atoms with E-state index in [1.54, 1.807) is 0 Å². The van der Waals surface area contributed by atoms with Gasteiger partial charge in [0.2, 0.25) is 0 Å². The molecule has 1 rings (SSSR count). The topological polar surface area (TPSA) is 38.7 Å². The second-order valence-electron chi connectivity index (χ2n) is 4.56. The van der Waals surface area contributed by atoms with E-state index in [0.717, 1.165) is 12.5 Å². The Kier molecular flexibility index (Phi) is 7.29. The molecule has 0 aliphatic rings. The Morgan fingerprint density at radius 3 is 2.05 bits per heavy atom. The monoisotopic (exact) mass is 304 g/mol. The smallest absolute Gasteiger partial charge is 0.390 e. The molecule has 0 heterocycles. The van der Waals surface area contributed by atoms with Gasteiger partial charge in [0.1, 0.15) is 11.6 Å². The fourth-order valence-corrected chi connectivity index (χ4v) is 4.04. The molecule has 0 fully saturated rings. The van der Waals surface area contributed by atoms with Crippen molar-refractivity contribution in [2.45, 2.75) is 39.2 Å². The highest BCUT2D eigenvalue weighted by molar-refractivity contribution is 6.59. The summed E-state index contributed by atoms with van der Waals surface area (Å²) in [4.78, 5) is 10.2. The number of benzene rings is 1. The highest BCUT2D eigenvalue weighted by Crippen LogP contribution is 2.17. The van der Waals surface area contributed by atoms with Crippen LogP contribution in [0.4, 0.5) is 8.78 Å². The third kappa shape index (κ3) is 6.09. The number of unbranched alkanes of at least 4 members (excludes halogenated alkanes) is 1. The van der Waals surface area contributed by atoms with Gasteiger partial charge < -0.3 is 13.6 Å². The SMILES string of the molecule is CCO[Si](O)(CCCCc1cc(F)cc(F)c1)OCC. The van der Waals surface area contributed by atoms with Crippen LogP contribution in [-0.2, 0) is 15.3 Å². The molecule has 0 saturated carbocycles. The van der Waals surface area contributed by atoms with Gasteiger partial charge in [-0.25, -0.2) is 8.78 Å². The van der Waals surface area contributed by atoms with Crippen LogP contribution in [0.2, 0.25) is 6.04 Å². The largest absolute Gasteiger partial charge is 0.498 e. The summed E-state index contributed by atoms with van der Waals surface area (Å²) >= 11 is 0. The molecule has 6 heteroatoms. The lowest BCUT2D eigenvalue weighted by molar-refractivity contribution is 0.107. The van der Waals surface area contributed by atoms with Gasteiger partial charge in [-0.05, 0) is 50.8 Å². The molecule has 0 bridgehead atoms. The predicted octanol–water partition coefficient (Wildman–Crippen LogP) is 3.29. The minimum atomic E-state index is -3.06. The van der Waals surface area contributed by atoms with Crippen molar-refractivity contribution in [1.29, 1.82) is 0 Å². The highest BCUT2D eigenvalue weighted by atomic mass is 28.4. The first-order chi connectivity index (χ1) is 9.49. The van der Waals surface area contributed by atoms with Crippen molar-refractivity contribution in [3.8, 4) is 0 Å². The number of hydrogen-bond donors (Lipinski definition) is 1. The summed E-state index contributed by atoms with van der Waals surface area (Å²) in [5.41, 5.74) is 0.625. The van der Waals surface area contributed by atoms with E-state index in [2.05, 4.69) is 0 Å². The first-order valence-electron chi connectivity index (χ1n) is 6.94. The highest BCUT2D eigenvalue weighted by Gasteiger charge is 2.35. The van der Waals surface area contributed by atoms with Crippen molar-refractivity contribution in [3.05, 3.63) is 35.4 Å². The van der Waals surface area contributed by atoms with Gasteiger partial charge in [0.15, 0.2) is 0 Å². The number of rotatable bonds is 9. The zero-order valence-electron chi connectivity index (χ0n) is 12.0. The quantitative estimate of drug-likeness (QED) is 0.562. The molecular formula is C14H22F2O3Si.